The van der Waals surface area contributed by atoms with Crippen LogP contribution in [-0.4, -0.2) is 22.4 Å². The van der Waals surface area contributed by atoms with Gasteiger partial charge in [0.2, 0.25) is 0 Å². The molecule has 2 aromatic rings. The number of nitrogens with one attached hydrogen (secondary N) is 2. The number of carbonyl (C=O) groups is 1. The Bertz CT molecular complexity index is 683. The molecule has 0 aliphatic heterocycles. The molecular formula is C19H26N4O. The van der Waals surface area contributed by atoms with Crippen molar-refractivity contribution in [2.45, 2.75) is 40.0 Å². The lowest BCUT2D eigenvalue weighted by Crippen LogP contribution is -2.16. The maximum Gasteiger partial charge on any atom is 0.274 e. The maximum absolute atomic E-state index is 12.5. The molecule has 2 N–H and O–H groups in total. The zero-order valence-corrected chi connectivity index (χ0v) is 14.8. The van der Waals surface area contributed by atoms with Gasteiger partial charge < -0.3 is 10.6 Å². The van der Waals surface area contributed by atoms with Crippen molar-refractivity contribution in [3.8, 4) is 0 Å². The molecule has 1 aromatic carbocycles. The van der Waals surface area contributed by atoms with E-state index in [0.29, 0.717) is 23.3 Å². The van der Waals surface area contributed by atoms with E-state index >= 15 is 0 Å². The minimum Gasteiger partial charge on any atom is -0.370 e. The highest BCUT2D eigenvalue weighted by atomic mass is 16.1. The molecule has 0 aliphatic carbocycles. The summed E-state index contributed by atoms with van der Waals surface area (Å²) in [5, 5.41) is 6.19. The highest BCUT2D eigenvalue weighted by molar-refractivity contribution is 6.03. The van der Waals surface area contributed by atoms with Crippen molar-refractivity contribution in [3.63, 3.8) is 0 Å². The summed E-state index contributed by atoms with van der Waals surface area (Å²) < 4.78 is 0. The molecule has 0 saturated heterocycles. The van der Waals surface area contributed by atoms with Crippen molar-refractivity contribution in [2.24, 2.45) is 5.92 Å². The van der Waals surface area contributed by atoms with Crippen LogP contribution in [0.2, 0.25) is 0 Å². The predicted octanol–water partition coefficient (Wildman–Crippen LogP) is 4.31. The molecule has 5 nitrogen and oxygen atoms in total. The highest BCUT2D eigenvalue weighted by Gasteiger charge is 2.12. The molecule has 24 heavy (non-hydrogen) atoms. The molecule has 0 saturated carbocycles. The van der Waals surface area contributed by atoms with Crippen LogP contribution in [-0.2, 0) is 0 Å². The molecule has 0 aliphatic rings. The largest absolute Gasteiger partial charge is 0.370 e. The van der Waals surface area contributed by atoms with E-state index in [9.17, 15) is 4.79 Å². The van der Waals surface area contributed by atoms with Crippen LogP contribution < -0.4 is 10.6 Å². The van der Waals surface area contributed by atoms with Gasteiger partial charge in [-0.15, -0.1) is 0 Å². The van der Waals surface area contributed by atoms with Gasteiger partial charge in [0.15, 0.2) is 0 Å². The van der Waals surface area contributed by atoms with Crippen LogP contribution in [0.4, 0.5) is 11.5 Å². The molecule has 0 unspecified atom stereocenters. The van der Waals surface area contributed by atoms with E-state index < -0.39 is 0 Å². The molecule has 1 aromatic heterocycles. The normalized spacial score (nSPS) is 10.9. The van der Waals surface area contributed by atoms with Crippen LogP contribution in [0, 0.1) is 5.92 Å². The van der Waals surface area contributed by atoms with Gasteiger partial charge in [0.05, 0.1) is 0 Å². The lowest BCUT2D eigenvalue weighted by molar-refractivity contribution is 0.102. The fourth-order valence-corrected chi connectivity index (χ4v) is 2.37. The molecule has 2 rings (SSSR count). The van der Waals surface area contributed by atoms with Gasteiger partial charge in [-0.3, -0.25) is 4.79 Å². The summed E-state index contributed by atoms with van der Waals surface area (Å²) in [6.07, 6.45) is 2.47. The molecule has 0 spiro atoms. The van der Waals surface area contributed by atoms with Crippen molar-refractivity contribution < 1.29 is 4.79 Å². The first kappa shape index (κ1) is 17.9. The lowest BCUT2D eigenvalue weighted by Gasteiger charge is -2.13. The molecule has 5 heteroatoms. The van der Waals surface area contributed by atoms with Crippen molar-refractivity contribution in [2.75, 3.05) is 17.2 Å². The number of carbonyl (C=O) groups excluding carboxylic acids is 1. The van der Waals surface area contributed by atoms with E-state index in [1.54, 1.807) is 6.07 Å². The van der Waals surface area contributed by atoms with Crippen LogP contribution in [0.3, 0.4) is 0 Å². The Morgan fingerprint density at radius 2 is 1.88 bits per heavy atom. The predicted molar refractivity (Wildman–Crippen MR) is 98.5 cm³/mol. The molecule has 0 atom stereocenters. The summed E-state index contributed by atoms with van der Waals surface area (Å²) >= 11 is 0. The first-order valence-electron chi connectivity index (χ1n) is 8.43. The first-order chi connectivity index (χ1) is 11.5. The Hall–Kier alpha value is -2.43. The summed E-state index contributed by atoms with van der Waals surface area (Å²) in [6, 6.07) is 9.52. The quantitative estimate of drug-likeness (QED) is 0.795. The van der Waals surface area contributed by atoms with E-state index in [-0.39, 0.29) is 5.91 Å². The summed E-state index contributed by atoms with van der Waals surface area (Å²) in [5.41, 5.74) is 2.29. The highest BCUT2D eigenvalue weighted by Crippen LogP contribution is 2.24. The molecule has 0 fully saturated rings. The molecule has 1 heterocycles. The smallest absolute Gasteiger partial charge is 0.274 e. The van der Waals surface area contributed by atoms with Crippen molar-refractivity contribution in [1.82, 2.24) is 9.97 Å². The lowest BCUT2D eigenvalue weighted by atomic mass is 10.0. The number of para-hydroxylation sites is 1. The first-order valence-corrected chi connectivity index (χ1v) is 8.43. The number of hydrogen-bond acceptors (Lipinski definition) is 4. The summed E-state index contributed by atoms with van der Waals surface area (Å²) in [6.45, 7) is 9.38. The molecule has 0 bridgehead atoms. The fourth-order valence-electron chi connectivity index (χ4n) is 2.37. The number of benzene rings is 1. The van der Waals surface area contributed by atoms with E-state index in [1.807, 2.05) is 24.3 Å². The van der Waals surface area contributed by atoms with Crippen LogP contribution in [0.25, 0.3) is 0 Å². The van der Waals surface area contributed by atoms with Crippen LogP contribution in [0.1, 0.15) is 56.1 Å². The number of hydrogen-bond donors (Lipinski definition) is 2. The van der Waals surface area contributed by atoms with Gasteiger partial charge in [-0.2, -0.15) is 0 Å². The second kappa shape index (κ2) is 8.43. The summed E-state index contributed by atoms with van der Waals surface area (Å²) in [4.78, 5) is 20.8. The van der Waals surface area contributed by atoms with Gasteiger partial charge in [-0.25, -0.2) is 9.97 Å². The van der Waals surface area contributed by atoms with Gasteiger partial charge in [0.1, 0.15) is 17.8 Å². The Morgan fingerprint density at radius 3 is 2.58 bits per heavy atom. The van der Waals surface area contributed by atoms with E-state index in [1.165, 1.54) is 6.33 Å². The van der Waals surface area contributed by atoms with Crippen LogP contribution >= 0.6 is 0 Å². The third-order valence-corrected chi connectivity index (χ3v) is 3.76. The molecule has 0 radical (unpaired) electrons. The van der Waals surface area contributed by atoms with E-state index in [4.69, 9.17) is 0 Å². The second-order valence-electron chi connectivity index (χ2n) is 6.59. The fraction of sp³-hybridized carbons (Fsp3) is 0.421. The number of amides is 1. The topological polar surface area (TPSA) is 66.9 Å². The van der Waals surface area contributed by atoms with E-state index in [0.717, 1.165) is 24.2 Å². The zero-order valence-electron chi connectivity index (χ0n) is 14.8. The minimum absolute atomic E-state index is 0.225. The SMILES string of the molecule is CC(C)CCNc1cc(C(=O)Nc2ccccc2C(C)C)ncn1. The molecule has 1 amide bonds. The minimum atomic E-state index is -0.225. The maximum atomic E-state index is 12.5. The Kier molecular flexibility index (Phi) is 6.29. The number of anilines is 2. The average molecular weight is 326 g/mol. The van der Waals surface area contributed by atoms with Gasteiger partial charge in [0, 0.05) is 18.3 Å². The Balaban J connectivity index is 2.08. The average Bonchev–Trinajstić information content (AvgIpc) is 2.55. The van der Waals surface area contributed by atoms with Crippen LogP contribution in [0.15, 0.2) is 36.7 Å². The van der Waals surface area contributed by atoms with Gasteiger partial charge >= 0.3 is 0 Å². The van der Waals surface area contributed by atoms with Crippen molar-refractivity contribution in [3.05, 3.63) is 47.9 Å². The van der Waals surface area contributed by atoms with Gasteiger partial charge in [0.25, 0.3) is 5.91 Å². The monoisotopic (exact) mass is 326 g/mol. The Labute approximate surface area is 143 Å². The number of nitrogens with zero attached hydrogens (tertiary/aromatic N) is 2. The zero-order chi connectivity index (χ0) is 17.5. The Morgan fingerprint density at radius 1 is 1.12 bits per heavy atom. The third kappa shape index (κ3) is 5.05. The number of rotatable bonds is 7. The molecular weight excluding hydrogens is 300 g/mol. The van der Waals surface area contributed by atoms with E-state index in [2.05, 4.69) is 48.3 Å². The second-order valence-corrected chi connectivity index (χ2v) is 6.59. The van der Waals surface area contributed by atoms with Gasteiger partial charge in [-0.1, -0.05) is 45.9 Å². The number of aromatic nitrogens is 2. The third-order valence-electron chi connectivity index (χ3n) is 3.76. The summed E-state index contributed by atoms with van der Waals surface area (Å²) in [5.74, 6) is 1.40. The summed E-state index contributed by atoms with van der Waals surface area (Å²) in [7, 11) is 0. The molecule has 128 valence electrons. The van der Waals surface area contributed by atoms with Crippen molar-refractivity contribution >= 4 is 17.4 Å². The van der Waals surface area contributed by atoms with Crippen LogP contribution in [0.5, 0.6) is 0 Å². The van der Waals surface area contributed by atoms with Gasteiger partial charge in [-0.05, 0) is 29.9 Å². The standard InChI is InChI=1S/C19H26N4O/c1-13(2)9-10-20-18-11-17(21-12-22-18)19(24)23-16-8-6-5-7-15(16)14(3)4/h5-8,11-14H,9-10H2,1-4H3,(H,23,24)(H,20,21,22). The van der Waals surface area contributed by atoms with Crippen molar-refractivity contribution in [1.29, 1.82) is 0 Å².